The predicted molar refractivity (Wildman–Crippen MR) is 88.0 cm³/mol. The Morgan fingerprint density at radius 2 is 1.52 bits per heavy atom. The fourth-order valence-electron chi connectivity index (χ4n) is 2.10. The highest BCUT2D eigenvalue weighted by Gasteiger charge is 2.15. The van der Waals surface area contributed by atoms with Crippen LogP contribution in [0.4, 0.5) is 0 Å². The Morgan fingerprint density at radius 3 is 2.05 bits per heavy atom. The van der Waals surface area contributed by atoms with E-state index < -0.39 is 0 Å². The van der Waals surface area contributed by atoms with Crippen molar-refractivity contribution in [2.45, 2.75) is 5.92 Å². The van der Waals surface area contributed by atoms with Gasteiger partial charge in [-0.15, -0.1) is 0 Å². The van der Waals surface area contributed by atoms with Crippen molar-refractivity contribution in [3.05, 3.63) is 54.1 Å². The van der Waals surface area contributed by atoms with E-state index >= 15 is 0 Å². The van der Waals surface area contributed by atoms with Crippen LogP contribution in [0.25, 0.3) is 0 Å². The van der Waals surface area contributed by atoms with E-state index in [9.17, 15) is 0 Å². The van der Waals surface area contributed by atoms with Crippen molar-refractivity contribution in [3.8, 4) is 17.2 Å². The molecule has 2 rings (SSSR count). The van der Waals surface area contributed by atoms with Crippen LogP contribution in [0.1, 0.15) is 11.5 Å². The second-order valence-electron chi connectivity index (χ2n) is 4.56. The number of ether oxygens (including phenoxy) is 3. The molecule has 1 unspecified atom stereocenters. The molecule has 0 spiro atoms. The minimum Gasteiger partial charge on any atom is -0.493 e. The lowest BCUT2D eigenvalue weighted by atomic mass is 10.0. The van der Waals surface area contributed by atoms with E-state index in [0.29, 0.717) is 23.9 Å². The van der Waals surface area contributed by atoms with Gasteiger partial charge in [0.15, 0.2) is 11.5 Å². The van der Waals surface area contributed by atoms with E-state index in [1.165, 1.54) is 5.56 Å². The highest BCUT2D eigenvalue weighted by atomic mass is 79.9. The molecular formula is C17H19BrO3. The number of alkyl halides is 1. The van der Waals surface area contributed by atoms with Gasteiger partial charge in [-0.25, -0.2) is 0 Å². The number of benzene rings is 2. The van der Waals surface area contributed by atoms with Crippen molar-refractivity contribution in [1.29, 1.82) is 0 Å². The number of hydrogen-bond acceptors (Lipinski definition) is 3. The van der Waals surface area contributed by atoms with Crippen molar-refractivity contribution < 1.29 is 14.2 Å². The van der Waals surface area contributed by atoms with Crippen LogP contribution in [-0.2, 0) is 0 Å². The second-order valence-corrected chi connectivity index (χ2v) is 5.21. The van der Waals surface area contributed by atoms with Crippen molar-refractivity contribution >= 4 is 15.9 Å². The summed E-state index contributed by atoms with van der Waals surface area (Å²) in [6.45, 7) is 0.548. The van der Waals surface area contributed by atoms with Gasteiger partial charge in [0.2, 0.25) is 5.75 Å². The second kappa shape index (κ2) is 7.93. The summed E-state index contributed by atoms with van der Waals surface area (Å²) < 4.78 is 16.7. The molecule has 0 aliphatic rings. The standard InChI is InChI=1S/C17H19BrO3/c1-19-15-9-6-10-16(20-2)17(15)21-12-14(11-18)13-7-4-3-5-8-13/h3-10,14H,11-12H2,1-2H3. The average Bonchev–Trinajstić information content (AvgIpc) is 2.56. The molecule has 0 fully saturated rings. The molecule has 0 saturated heterocycles. The van der Waals surface area contributed by atoms with Gasteiger partial charge in [0.25, 0.3) is 0 Å². The lowest BCUT2D eigenvalue weighted by Crippen LogP contribution is -2.12. The van der Waals surface area contributed by atoms with Gasteiger partial charge in [-0.05, 0) is 17.7 Å². The Hall–Kier alpha value is -1.68. The van der Waals surface area contributed by atoms with E-state index in [4.69, 9.17) is 14.2 Å². The van der Waals surface area contributed by atoms with E-state index in [2.05, 4.69) is 28.1 Å². The van der Waals surface area contributed by atoms with Gasteiger partial charge in [0, 0.05) is 11.2 Å². The molecule has 2 aromatic rings. The van der Waals surface area contributed by atoms with Crippen LogP contribution in [0.2, 0.25) is 0 Å². The smallest absolute Gasteiger partial charge is 0.203 e. The third-order valence-corrected chi connectivity index (χ3v) is 4.05. The van der Waals surface area contributed by atoms with E-state index in [-0.39, 0.29) is 5.92 Å². The van der Waals surface area contributed by atoms with Gasteiger partial charge in [-0.3, -0.25) is 0 Å². The monoisotopic (exact) mass is 350 g/mol. The summed E-state index contributed by atoms with van der Waals surface area (Å²) in [4.78, 5) is 0. The first kappa shape index (κ1) is 15.7. The summed E-state index contributed by atoms with van der Waals surface area (Å²) in [6.07, 6.45) is 0. The number of rotatable bonds is 7. The largest absolute Gasteiger partial charge is 0.493 e. The molecule has 0 radical (unpaired) electrons. The Balaban J connectivity index is 2.15. The van der Waals surface area contributed by atoms with Crippen molar-refractivity contribution in [2.24, 2.45) is 0 Å². The van der Waals surface area contributed by atoms with Gasteiger partial charge >= 0.3 is 0 Å². The average molecular weight is 351 g/mol. The van der Waals surface area contributed by atoms with Crippen LogP contribution in [0.15, 0.2) is 48.5 Å². The molecule has 4 heteroatoms. The molecular weight excluding hydrogens is 332 g/mol. The van der Waals surface area contributed by atoms with E-state index in [0.717, 1.165) is 5.33 Å². The van der Waals surface area contributed by atoms with E-state index in [1.807, 2.05) is 36.4 Å². The predicted octanol–water partition coefficient (Wildman–Crippen LogP) is 4.26. The van der Waals surface area contributed by atoms with Gasteiger partial charge in [-0.2, -0.15) is 0 Å². The Labute approximate surface area is 134 Å². The highest BCUT2D eigenvalue weighted by Crippen LogP contribution is 2.37. The summed E-state index contributed by atoms with van der Waals surface area (Å²) >= 11 is 3.55. The Morgan fingerprint density at radius 1 is 0.905 bits per heavy atom. The zero-order chi connectivity index (χ0) is 15.1. The summed E-state index contributed by atoms with van der Waals surface area (Å²) in [6, 6.07) is 15.9. The molecule has 0 aliphatic carbocycles. The van der Waals surface area contributed by atoms with Crippen molar-refractivity contribution in [2.75, 3.05) is 26.2 Å². The first-order chi connectivity index (χ1) is 10.3. The zero-order valence-corrected chi connectivity index (χ0v) is 13.8. The molecule has 1 atom stereocenters. The normalized spacial score (nSPS) is 11.8. The summed E-state index contributed by atoms with van der Waals surface area (Å²) in [5, 5.41) is 0.828. The van der Waals surface area contributed by atoms with Crippen LogP contribution in [0.5, 0.6) is 17.2 Å². The molecule has 0 bridgehead atoms. The molecule has 0 saturated carbocycles. The summed E-state index contributed by atoms with van der Waals surface area (Å²) in [5.41, 5.74) is 1.24. The quantitative estimate of drug-likeness (QED) is 0.698. The minimum atomic E-state index is 0.265. The zero-order valence-electron chi connectivity index (χ0n) is 12.2. The molecule has 2 aromatic carbocycles. The number of hydrogen-bond donors (Lipinski definition) is 0. The minimum absolute atomic E-state index is 0.265. The van der Waals surface area contributed by atoms with Crippen LogP contribution in [0.3, 0.4) is 0 Å². The Bertz CT molecular complexity index is 535. The fourth-order valence-corrected chi connectivity index (χ4v) is 2.66. The fraction of sp³-hybridized carbons (Fsp3) is 0.294. The van der Waals surface area contributed by atoms with Gasteiger partial charge < -0.3 is 14.2 Å². The first-order valence-corrected chi connectivity index (χ1v) is 7.87. The molecule has 0 aliphatic heterocycles. The molecule has 3 nitrogen and oxygen atoms in total. The van der Waals surface area contributed by atoms with Gasteiger partial charge in [0.05, 0.1) is 20.8 Å². The summed E-state index contributed by atoms with van der Waals surface area (Å²) in [7, 11) is 3.25. The van der Waals surface area contributed by atoms with E-state index in [1.54, 1.807) is 14.2 Å². The number of methoxy groups -OCH3 is 2. The molecule has 0 N–H and O–H groups in total. The van der Waals surface area contributed by atoms with Gasteiger partial charge in [-0.1, -0.05) is 52.3 Å². The lowest BCUT2D eigenvalue weighted by Gasteiger charge is -2.18. The van der Waals surface area contributed by atoms with Crippen molar-refractivity contribution in [3.63, 3.8) is 0 Å². The molecule has 0 aromatic heterocycles. The van der Waals surface area contributed by atoms with Crippen LogP contribution >= 0.6 is 15.9 Å². The third-order valence-electron chi connectivity index (χ3n) is 3.27. The molecule has 21 heavy (non-hydrogen) atoms. The topological polar surface area (TPSA) is 27.7 Å². The number of halogens is 1. The Kier molecular flexibility index (Phi) is 5.93. The third kappa shape index (κ3) is 3.91. The molecule has 0 amide bonds. The summed E-state index contributed by atoms with van der Waals surface area (Å²) in [5.74, 6) is 2.26. The maximum absolute atomic E-state index is 5.98. The van der Waals surface area contributed by atoms with Crippen LogP contribution < -0.4 is 14.2 Å². The lowest BCUT2D eigenvalue weighted by molar-refractivity contribution is 0.262. The maximum Gasteiger partial charge on any atom is 0.203 e. The van der Waals surface area contributed by atoms with Gasteiger partial charge in [0.1, 0.15) is 0 Å². The molecule has 0 heterocycles. The maximum atomic E-state index is 5.98. The SMILES string of the molecule is COc1cccc(OC)c1OCC(CBr)c1ccccc1. The van der Waals surface area contributed by atoms with Crippen LogP contribution in [-0.4, -0.2) is 26.2 Å². The highest BCUT2D eigenvalue weighted by molar-refractivity contribution is 9.09. The number of para-hydroxylation sites is 1. The van der Waals surface area contributed by atoms with Crippen molar-refractivity contribution in [1.82, 2.24) is 0 Å². The van der Waals surface area contributed by atoms with Crippen LogP contribution in [0, 0.1) is 0 Å². The first-order valence-electron chi connectivity index (χ1n) is 6.74. The molecule has 112 valence electrons.